The van der Waals surface area contributed by atoms with E-state index in [9.17, 15) is 4.39 Å². The fourth-order valence-corrected chi connectivity index (χ4v) is 6.36. The van der Waals surface area contributed by atoms with Crippen LogP contribution in [-0.4, -0.2) is 74.6 Å². The molecule has 1 aromatic carbocycles. The van der Waals surface area contributed by atoms with Crippen molar-refractivity contribution >= 4 is 76.0 Å². The van der Waals surface area contributed by atoms with E-state index in [-0.39, 0.29) is 5.82 Å². The molecule has 0 amide bonds. The van der Waals surface area contributed by atoms with Crippen molar-refractivity contribution in [3.05, 3.63) is 59.7 Å². The first-order valence-electron chi connectivity index (χ1n) is 12.2. The maximum absolute atomic E-state index is 13.5. The molecule has 0 bridgehead atoms. The molecule has 4 heterocycles. The number of piperidine rings is 1. The minimum absolute atomic E-state index is 0.336. The Morgan fingerprint density at radius 3 is 2.43 bits per heavy atom. The van der Waals surface area contributed by atoms with E-state index in [0.29, 0.717) is 39.3 Å². The largest absolute Gasteiger partial charge is 0.322 e. The van der Waals surface area contributed by atoms with Gasteiger partial charge in [-0.2, -0.15) is 0 Å². The van der Waals surface area contributed by atoms with Gasteiger partial charge in [0.05, 0.1) is 34.9 Å². The number of thiazole rings is 1. The Labute approximate surface area is 231 Å². The Balaban J connectivity index is 1.61. The van der Waals surface area contributed by atoms with Crippen LogP contribution in [0.1, 0.15) is 36.9 Å². The number of anilines is 2. The highest BCUT2D eigenvalue weighted by Crippen LogP contribution is 2.38. The fraction of sp³-hybridized carbons (Fsp3) is 0.360. The van der Waals surface area contributed by atoms with Crippen LogP contribution in [0.4, 0.5) is 15.3 Å². The second-order valence-corrected chi connectivity index (χ2v) is 11.1. The summed E-state index contributed by atoms with van der Waals surface area (Å²) in [7, 11) is 25.4. The van der Waals surface area contributed by atoms with Crippen molar-refractivity contribution < 1.29 is 4.39 Å². The first-order valence-corrected chi connectivity index (χ1v) is 14.2. The zero-order valence-electron chi connectivity index (χ0n) is 20.9. The monoisotopic (exact) mass is 521 g/mol. The van der Waals surface area contributed by atoms with Gasteiger partial charge in [0.1, 0.15) is 25.1 Å². The molecule has 0 atom stereocenters. The highest BCUT2D eigenvalue weighted by molar-refractivity contribution is 7.96. The second-order valence-electron chi connectivity index (χ2n) is 9.25. The summed E-state index contributed by atoms with van der Waals surface area (Å²) in [6.07, 6.45) is 7.04. The fourth-order valence-electron chi connectivity index (χ4n) is 4.85. The number of hydrogen-bond acceptors (Lipinski definition) is 6. The number of aryl methyl sites for hydroxylation is 1. The molecule has 4 aromatic rings. The predicted molar refractivity (Wildman–Crippen MR) is 157 cm³/mol. The van der Waals surface area contributed by atoms with Crippen molar-refractivity contribution in [2.24, 2.45) is 0 Å². The molecule has 1 aliphatic rings. The third-order valence-corrected chi connectivity index (χ3v) is 8.51. The molecular formula is C25H24B4FN5S2. The summed E-state index contributed by atoms with van der Waals surface area (Å²) in [5.41, 5.74) is 4.00. The van der Waals surface area contributed by atoms with Crippen LogP contribution in [0.15, 0.2) is 42.6 Å². The summed E-state index contributed by atoms with van der Waals surface area (Å²) in [6.45, 7) is 4.12. The SMILES string of the molecule is [B]c1sc(N(c2c(CC)nc3ccc(C4CCN(SC)CC4)cn23)C([B])([B])[B])nc1-c1ccc(F)cc1. The molecule has 5 nitrogen and oxygen atoms in total. The van der Waals surface area contributed by atoms with Gasteiger partial charge in [-0.25, -0.2) is 14.4 Å². The lowest BCUT2D eigenvalue weighted by atomic mass is 9.48. The molecule has 0 saturated carbocycles. The number of imidazole rings is 1. The van der Waals surface area contributed by atoms with Gasteiger partial charge < -0.3 is 4.90 Å². The van der Waals surface area contributed by atoms with Crippen molar-refractivity contribution in [3.8, 4) is 11.3 Å². The molecule has 12 heteroatoms. The summed E-state index contributed by atoms with van der Waals surface area (Å²) in [6, 6.07) is 10.2. The van der Waals surface area contributed by atoms with E-state index in [2.05, 4.69) is 22.8 Å². The van der Waals surface area contributed by atoms with Crippen molar-refractivity contribution in [2.45, 2.75) is 37.3 Å². The topological polar surface area (TPSA) is 36.7 Å². The van der Waals surface area contributed by atoms with Gasteiger partial charge in [0.2, 0.25) is 0 Å². The summed E-state index contributed by atoms with van der Waals surface area (Å²) >= 11 is 3.02. The van der Waals surface area contributed by atoms with Crippen LogP contribution in [0.5, 0.6) is 0 Å². The zero-order chi connectivity index (χ0) is 26.3. The van der Waals surface area contributed by atoms with Gasteiger partial charge in [-0.3, -0.25) is 8.71 Å². The Hall–Kier alpha value is -2.16. The van der Waals surface area contributed by atoms with Gasteiger partial charge in [-0.1, -0.05) is 30.2 Å². The van der Waals surface area contributed by atoms with Crippen molar-refractivity contribution in [1.82, 2.24) is 18.7 Å². The van der Waals surface area contributed by atoms with Gasteiger partial charge in [-0.05, 0) is 72.1 Å². The van der Waals surface area contributed by atoms with Crippen LogP contribution in [0, 0.1) is 5.82 Å². The summed E-state index contributed by atoms with van der Waals surface area (Å²) in [5.74, 6) is 0.769. The lowest BCUT2D eigenvalue weighted by molar-refractivity contribution is 0.346. The van der Waals surface area contributed by atoms with Crippen LogP contribution in [0.25, 0.3) is 16.9 Å². The Morgan fingerprint density at radius 1 is 1.11 bits per heavy atom. The number of hydrogen-bond donors (Lipinski definition) is 0. The predicted octanol–water partition coefficient (Wildman–Crippen LogP) is 3.67. The van der Waals surface area contributed by atoms with Crippen LogP contribution < -0.4 is 9.68 Å². The van der Waals surface area contributed by atoms with Crippen LogP contribution in [0.3, 0.4) is 0 Å². The third-order valence-electron chi connectivity index (χ3n) is 6.75. The first-order chi connectivity index (χ1) is 17.7. The number of benzene rings is 1. The number of nitrogens with zero attached hydrogens (tertiary/aromatic N) is 5. The van der Waals surface area contributed by atoms with E-state index in [1.807, 2.05) is 17.4 Å². The van der Waals surface area contributed by atoms with Gasteiger partial charge in [-0.15, -0.1) is 11.3 Å². The average Bonchev–Trinajstić information content (AvgIpc) is 3.44. The average molecular weight is 521 g/mol. The molecule has 0 spiro atoms. The third kappa shape index (κ3) is 5.25. The van der Waals surface area contributed by atoms with Gasteiger partial charge in [0.25, 0.3) is 0 Å². The number of rotatable bonds is 7. The van der Waals surface area contributed by atoms with Crippen LogP contribution in [-0.2, 0) is 6.42 Å². The molecule has 8 radical (unpaired) electrons. The van der Waals surface area contributed by atoms with E-state index in [1.165, 1.54) is 29.0 Å². The van der Waals surface area contributed by atoms with E-state index < -0.39 is 5.24 Å². The lowest BCUT2D eigenvalue weighted by Gasteiger charge is -2.37. The van der Waals surface area contributed by atoms with Gasteiger partial charge in [0.15, 0.2) is 5.13 Å². The Bertz CT molecular complexity index is 1390. The first kappa shape index (κ1) is 26.4. The second kappa shape index (κ2) is 10.5. The maximum atomic E-state index is 13.5. The molecule has 1 aliphatic heterocycles. The van der Waals surface area contributed by atoms with E-state index in [1.54, 1.807) is 29.0 Å². The van der Waals surface area contributed by atoms with E-state index in [4.69, 9.17) is 41.4 Å². The minimum Gasteiger partial charge on any atom is -0.322 e. The molecule has 1 fully saturated rings. The lowest BCUT2D eigenvalue weighted by Crippen LogP contribution is -2.49. The number of pyridine rings is 1. The highest BCUT2D eigenvalue weighted by Gasteiger charge is 2.31. The maximum Gasteiger partial charge on any atom is 0.189 e. The quantitative estimate of drug-likeness (QED) is 0.275. The minimum atomic E-state index is -1.79. The Kier molecular flexibility index (Phi) is 7.53. The Morgan fingerprint density at radius 2 is 1.81 bits per heavy atom. The number of fused-ring (bicyclic) bond motifs is 1. The van der Waals surface area contributed by atoms with Crippen molar-refractivity contribution in [1.29, 1.82) is 0 Å². The molecule has 0 N–H and O–H groups in total. The molecule has 37 heavy (non-hydrogen) atoms. The van der Waals surface area contributed by atoms with Crippen molar-refractivity contribution in [2.75, 3.05) is 24.2 Å². The summed E-state index contributed by atoms with van der Waals surface area (Å²) in [5, 5.41) is -1.36. The van der Waals surface area contributed by atoms with Crippen molar-refractivity contribution in [3.63, 3.8) is 0 Å². The van der Waals surface area contributed by atoms with Gasteiger partial charge in [0, 0.05) is 24.8 Å². The highest BCUT2D eigenvalue weighted by atomic mass is 32.2. The molecule has 0 unspecified atom stereocenters. The smallest absolute Gasteiger partial charge is 0.189 e. The molecule has 5 rings (SSSR count). The molecule has 1 saturated heterocycles. The molecule has 0 aliphatic carbocycles. The van der Waals surface area contributed by atoms with E-state index in [0.717, 1.165) is 37.3 Å². The number of halogens is 1. The molecule has 3 aromatic heterocycles. The van der Waals surface area contributed by atoms with E-state index >= 15 is 0 Å². The summed E-state index contributed by atoms with van der Waals surface area (Å²) < 4.78 is 18.3. The zero-order valence-corrected chi connectivity index (χ0v) is 22.5. The van der Waals surface area contributed by atoms with Crippen LogP contribution in [0.2, 0.25) is 0 Å². The normalized spacial score (nSPS) is 15.4. The van der Waals surface area contributed by atoms with Gasteiger partial charge >= 0.3 is 0 Å². The molecule has 180 valence electrons. The molecular weight excluding hydrogens is 497 g/mol. The summed E-state index contributed by atoms with van der Waals surface area (Å²) in [4.78, 5) is 11.2. The van der Waals surface area contributed by atoms with Crippen LogP contribution >= 0.6 is 23.3 Å². The number of aromatic nitrogens is 3. The standard InChI is InChI=1S/C25H24B4FN5S2/c1-3-19-23(34-14-17(6-9-20(34)31-19)15-10-12-33(36-2)13-11-15)35(25(27,28)29)24-32-21(22(26)37-24)16-4-7-18(30)8-5-16/h4-9,14-15H,3,10-13H2,1-2H3.